The number of phenols is 2. The summed E-state index contributed by atoms with van der Waals surface area (Å²) in [6.07, 6.45) is 0. The maximum absolute atomic E-state index is 11.9. The Bertz CT molecular complexity index is 1030. The van der Waals surface area contributed by atoms with Gasteiger partial charge in [-0.15, -0.1) is 0 Å². The molecule has 29 heavy (non-hydrogen) atoms. The lowest BCUT2D eigenvalue weighted by molar-refractivity contribution is 0.103. The second-order valence-corrected chi connectivity index (χ2v) is 6.15. The number of carbonyl (C=O) groups excluding carboxylic acids is 1. The van der Waals surface area contributed by atoms with Crippen LogP contribution in [0.1, 0.15) is 15.9 Å². The third-order valence-corrected chi connectivity index (χ3v) is 3.98. The number of rotatable bonds is 4. The van der Waals surface area contributed by atoms with Gasteiger partial charge in [-0.1, -0.05) is 48.5 Å². The molecule has 0 aliphatic heterocycles. The fraction of sp³-hybridized carbons (Fsp3) is 0. The molecule has 0 aliphatic carbocycles. The van der Waals surface area contributed by atoms with Gasteiger partial charge in [-0.25, -0.2) is 0 Å². The van der Waals surface area contributed by atoms with Crippen molar-refractivity contribution in [1.29, 1.82) is 0 Å². The highest BCUT2D eigenvalue weighted by Gasteiger charge is 2.07. The Morgan fingerprint density at radius 3 is 1.48 bits per heavy atom. The van der Waals surface area contributed by atoms with Gasteiger partial charge >= 0.3 is 0 Å². The van der Waals surface area contributed by atoms with Gasteiger partial charge in [0.1, 0.15) is 23.0 Å². The van der Waals surface area contributed by atoms with Crippen LogP contribution in [0.4, 0.5) is 0 Å². The zero-order valence-corrected chi connectivity index (χ0v) is 15.6. The van der Waals surface area contributed by atoms with Crippen molar-refractivity contribution in [1.82, 2.24) is 0 Å². The molecule has 0 amide bonds. The Hall–Kier alpha value is -4.05. The van der Waals surface area contributed by atoms with Crippen LogP contribution in [0.25, 0.3) is 0 Å². The number of phenolic OH excluding ortho intramolecular Hbond substituents is 2. The van der Waals surface area contributed by atoms with E-state index in [4.69, 9.17) is 14.9 Å². The molecular formula is C25H20O4. The van der Waals surface area contributed by atoms with E-state index < -0.39 is 0 Å². The van der Waals surface area contributed by atoms with Gasteiger partial charge in [0.2, 0.25) is 0 Å². The predicted octanol–water partition coefficient (Wildman–Crippen LogP) is 5.81. The molecule has 0 atom stereocenters. The minimum atomic E-state index is -0.0319. The molecule has 0 saturated carbocycles. The van der Waals surface area contributed by atoms with Crippen molar-refractivity contribution in [3.63, 3.8) is 0 Å². The minimum absolute atomic E-state index is 0.0319. The predicted molar refractivity (Wildman–Crippen MR) is 113 cm³/mol. The van der Waals surface area contributed by atoms with E-state index in [1.165, 1.54) is 12.1 Å². The normalized spacial score (nSPS) is 9.79. The number of ether oxygens (including phenoxy) is 1. The Balaban J connectivity index is 0.000000166. The van der Waals surface area contributed by atoms with Gasteiger partial charge < -0.3 is 14.9 Å². The van der Waals surface area contributed by atoms with Gasteiger partial charge in [0, 0.05) is 11.1 Å². The number of aromatic hydroxyl groups is 2. The van der Waals surface area contributed by atoms with Crippen molar-refractivity contribution >= 4 is 5.78 Å². The van der Waals surface area contributed by atoms with Gasteiger partial charge in [-0.05, 0) is 60.7 Å². The summed E-state index contributed by atoms with van der Waals surface area (Å²) in [5, 5.41) is 18.2. The molecule has 0 saturated heterocycles. The van der Waals surface area contributed by atoms with Gasteiger partial charge in [0.05, 0.1) is 0 Å². The second-order valence-electron chi connectivity index (χ2n) is 6.15. The molecule has 4 nitrogen and oxygen atoms in total. The van der Waals surface area contributed by atoms with E-state index in [1.807, 2.05) is 48.5 Å². The molecule has 0 fully saturated rings. The summed E-state index contributed by atoms with van der Waals surface area (Å²) in [6, 6.07) is 31.5. The molecule has 0 spiro atoms. The fourth-order valence-electron chi connectivity index (χ4n) is 2.51. The first-order chi connectivity index (χ1) is 14.1. The Morgan fingerprint density at radius 1 is 0.517 bits per heavy atom. The molecule has 4 aromatic rings. The summed E-state index contributed by atoms with van der Waals surface area (Å²) < 4.78 is 5.52. The lowest BCUT2D eigenvalue weighted by atomic mass is 10.0. The second kappa shape index (κ2) is 9.76. The summed E-state index contributed by atoms with van der Waals surface area (Å²) in [7, 11) is 0. The van der Waals surface area contributed by atoms with Crippen LogP contribution in [-0.2, 0) is 0 Å². The average molecular weight is 384 g/mol. The van der Waals surface area contributed by atoms with Crippen molar-refractivity contribution in [3.8, 4) is 23.0 Å². The summed E-state index contributed by atoms with van der Waals surface area (Å²) in [6.45, 7) is 0. The molecule has 0 bridgehead atoms. The van der Waals surface area contributed by atoms with Crippen LogP contribution in [0.3, 0.4) is 0 Å². The first kappa shape index (κ1) is 19.7. The standard InChI is InChI=1S/C13H10O2.C12H10O2/c14-12-8-6-11(7-9-12)13(15)10-4-2-1-3-5-10;13-10-6-8-12(9-7-10)14-11-4-2-1-3-5-11/h1-9,14H;1-9,13H. The Morgan fingerprint density at radius 2 is 0.931 bits per heavy atom. The summed E-state index contributed by atoms with van der Waals surface area (Å²) >= 11 is 0. The molecule has 4 heteroatoms. The maximum Gasteiger partial charge on any atom is 0.193 e. The molecule has 0 aliphatic rings. The van der Waals surface area contributed by atoms with Gasteiger partial charge in [0.25, 0.3) is 0 Å². The Kier molecular flexibility index (Phi) is 6.63. The molecule has 4 rings (SSSR count). The number of para-hydroxylation sites is 1. The zero-order valence-electron chi connectivity index (χ0n) is 15.6. The van der Waals surface area contributed by atoms with Gasteiger partial charge in [-0.2, -0.15) is 0 Å². The molecule has 4 aromatic carbocycles. The number of ketones is 1. The first-order valence-electron chi connectivity index (χ1n) is 9.02. The molecule has 2 N–H and O–H groups in total. The quantitative estimate of drug-likeness (QED) is 0.436. The highest BCUT2D eigenvalue weighted by Crippen LogP contribution is 2.22. The smallest absolute Gasteiger partial charge is 0.193 e. The topological polar surface area (TPSA) is 66.8 Å². The molecule has 0 radical (unpaired) electrons. The number of hydrogen-bond acceptors (Lipinski definition) is 4. The van der Waals surface area contributed by atoms with E-state index in [2.05, 4.69) is 0 Å². The van der Waals surface area contributed by atoms with E-state index in [1.54, 1.807) is 48.5 Å². The van der Waals surface area contributed by atoms with Crippen molar-refractivity contribution in [3.05, 3.63) is 120 Å². The van der Waals surface area contributed by atoms with Gasteiger partial charge in [0.15, 0.2) is 5.78 Å². The van der Waals surface area contributed by atoms with Crippen LogP contribution >= 0.6 is 0 Å². The third kappa shape index (κ3) is 5.97. The highest BCUT2D eigenvalue weighted by molar-refractivity contribution is 6.08. The minimum Gasteiger partial charge on any atom is -0.508 e. The fourth-order valence-corrected chi connectivity index (χ4v) is 2.51. The van der Waals surface area contributed by atoms with E-state index in [0.29, 0.717) is 16.9 Å². The average Bonchev–Trinajstić information content (AvgIpc) is 2.77. The molecule has 144 valence electrons. The summed E-state index contributed by atoms with van der Waals surface area (Å²) in [4.78, 5) is 11.9. The van der Waals surface area contributed by atoms with Crippen molar-refractivity contribution in [2.75, 3.05) is 0 Å². The van der Waals surface area contributed by atoms with Crippen LogP contribution in [0.5, 0.6) is 23.0 Å². The van der Waals surface area contributed by atoms with E-state index >= 15 is 0 Å². The summed E-state index contributed by atoms with van der Waals surface area (Å²) in [5.41, 5.74) is 1.24. The third-order valence-electron chi connectivity index (χ3n) is 3.98. The lowest BCUT2D eigenvalue weighted by Gasteiger charge is -2.04. The van der Waals surface area contributed by atoms with Crippen molar-refractivity contribution in [2.45, 2.75) is 0 Å². The zero-order chi connectivity index (χ0) is 20.5. The first-order valence-corrected chi connectivity index (χ1v) is 9.02. The van der Waals surface area contributed by atoms with Crippen molar-refractivity contribution in [2.24, 2.45) is 0 Å². The van der Waals surface area contributed by atoms with Gasteiger partial charge in [-0.3, -0.25) is 4.79 Å². The molecular weight excluding hydrogens is 364 g/mol. The van der Waals surface area contributed by atoms with E-state index in [-0.39, 0.29) is 17.3 Å². The van der Waals surface area contributed by atoms with E-state index in [9.17, 15) is 4.79 Å². The van der Waals surface area contributed by atoms with Crippen LogP contribution < -0.4 is 4.74 Å². The van der Waals surface area contributed by atoms with E-state index in [0.717, 1.165) is 5.75 Å². The maximum atomic E-state index is 11.9. The number of hydrogen-bond donors (Lipinski definition) is 2. The Labute approximate surface area is 169 Å². The largest absolute Gasteiger partial charge is 0.508 e. The van der Waals surface area contributed by atoms with Crippen LogP contribution in [-0.4, -0.2) is 16.0 Å². The lowest BCUT2D eigenvalue weighted by Crippen LogP contribution is -1.99. The van der Waals surface area contributed by atoms with Crippen molar-refractivity contribution < 1.29 is 19.7 Å². The van der Waals surface area contributed by atoms with Crippen LogP contribution in [0.15, 0.2) is 109 Å². The molecule has 0 unspecified atom stereocenters. The number of benzene rings is 4. The molecule has 0 heterocycles. The SMILES string of the molecule is O=C(c1ccccc1)c1ccc(O)cc1.Oc1ccc(Oc2ccccc2)cc1. The number of carbonyl (C=O) groups is 1. The van der Waals surface area contributed by atoms with Crippen LogP contribution in [0, 0.1) is 0 Å². The van der Waals surface area contributed by atoms with Crippen LogP contribution in [0.2, 0.25) is 0 Å². The monoisotopic (exact) mass is 384 g/mol. The highest BCUT2D eigenvalue weighted by atomic mass is 16.5. The molecule has 0 aromatic heterocycles. The summed E-state index contributed by atoms with van der Waals surface area (Å²) in [5.74, 6) is 1.88.